The van der Waals surface area contributed by atoms with E-state index in [1.807, 2.05) is 30.3 Å². The number of hydrogen-bond acceptors (Lipinski definition) is 3. The van der Waals surface area contributed by atoms with E-state index in [0.717, 1.165) is 40.4 Å². The monoisotopic (exact) mass is 368 g/mol. The minimum atomic E-state index is -0.722. The molecular weight excluding hydrogens is 352 g/mol. The summed E-state index contributed by atoms with van der Waals surface area (Å²) in [5, 5.41) is 8.81. The SMILES string of the molecule is O=C1c2ccccc2CCCC12N=NC[C@H]2c1ccc(Br)cc1. The highest BCUT2D eigenvalue weighted by molar-refractivity contribution is 9.10. The van der Waals surface area contributed by atoms with Crippen LogP contribution in [0.15, 0.2) is 63.2 Å². The Morgan fingerprint density at radius 3 is 2.70 bits per heavy atom. The van der Waals surface area contributed by atoms with Crippen LogP contribution in [0.4, 0.5) is 0 Å². The maximum atomic E-state index is 13.3. The van der Waals surface area contributed by atoms with Gasteiger partial charge in [-0.25, -0.2) is 0 Å². The van der Waals surface area contributed by atoms with Crippen LogP contribution in [-0.2, 0) is 6.42 Å². The van der Waals surface area contributed by atoms with Gasteiger partial charge in [0.2, 0.25) is 0 Å². The van der Waals surface area contributed by atoms with Gasteiger partial charge in [-0.3, -0.25) is 4.79 Å². The molecule has 1 unspecified atom stereocenters. The molecule has 0 aromatic heterocycles. The van der Waals surface area contributed by atoms with Gasteiger partial charge < -0.3 is 0 Å². The van der Waals surface area contributed by atoms with E-state index in [1.165, 1.54) is 0 Å². The zero-order valence-corrected chi connectivity index (χ0v) is 14.3. The molecule has 2 aromatic rings. The molecular formula is C19H17BrN2O. The Morgan fingerprint density at radius 2 is 1.87 bits per heavy atom. The van der Waals surface area contributed by atoms with Crippen LogP contribution in [0.2, 0.25) is 0 Å². The number of carbonyl (C=O) groups is 1. The minimum absolute atomic E-state index is 0.0363. The van der Waals surface area contributed by atoms with Gasteiger partial charge in [-0.15, -0.1) is 0 Å². The number of ketones is 1. The molecule has 2 atom stereocenters. The average molecular weight is 369 g/mol. The molecule has 0 N–H and O–H groups in total. The van der Waals surface area contributed by atoms with Crippen molar-refractivity contribution < 1.29 is 4.79 Å². The maximum absolute atomic E-state index is 13.3. The molecule has 0 fully saturated rings. The zero-order valence-electron chi connectivity index (χ0n) is 12.7. The summed E-state index contributed by atoms with van der Waals surface area (Å²) in [6.07, 6.45) is 2.67. The lowest BCUT2D eigenvalue weighted by Crippen LogP contribution is -2.40. The summed E-state index contributed by atoms with van der Waals surface area (Å²) in [5.74, 6) is 0.175. The highest BCUT2D eigenvalue weighted by Gasteiger charge is 2.50. The molecule has 0 saturated heterocycles. The van der Waals surface area contributed by atoms with Crippen molar-refractivity contribution in [3.63, 3.8) is 0 Å². The van der Waals surface area contributed by atoms with Gasteiger partial charge in [0.15, 0.2) is 11.3 Å². The van der Waals surface area contributed by atoms with Gasteiger partial charge in [0.05, 0.1) is 6.54 Å². The van der Waals surface area contributed by atoms with Crippen molar-refractivity contribution in [3.05, 3.63) is 69.7 Å². The summed E-state index contributed by atoms with van der Waals surface area (Å²) in [6.45, 7) is 0.593. The molecule has 0 bridgehead atoms. The Hall–Kier alpha value is -1.81. The van der Waals surface area contributed by atoms with Gasteiger partial charge in [0, 0.05) is 16.0 Å². The summed E-state index contributed by atoms with van der Waals surface area (Å²) in [4.78, 5) is 13.3. The van der Waals surface area contributed by atoms with Crippen molar-refractivity contribution in [1.82, 2.24) is 0 Å². The fraction of sp³-hybridized carbons (Fsp3) is 0.316. The first-order valence-corrected chi connectivity index (χ1v) is 8.77. The van der Waals surface area contributed by atoms with Crippen LogP contribution in [0.3, 0.4) is 0 Å². The lowest BCUT2D eigenvalue weighted by molar-refractivity contribution is 0.0870. The van der Waals surface area contributed by atoms with Crippen LogP contribution in [0.25, 0.3) is 0 Å². The Labute approximate surface area is 144 Å². The third-order valence-electron chi connectivity index (χ3n) is 5.02. The number of nitrogens with zero attached hydrogens (tertiary/aromatic N) is 2. The van der Waals surface area contributed by atoms with Gasteiger partial charge in [0.1, 0.15) is 0 Å². The first kappa shape index (κ1) is 14.8. The number of hydrogen-bond donors (Lipinski definition) is 0. The minimum Gasteiger partial charge on any atom is -0.291 e. The lowest BCUT2D eigenvalue weighted by atomic mass is 9.74. The molecule has 1 aliphatic heterocycles. The highest BCUT2D eigenvalue weighted by Crippen LogP contribution is 2.45. The van der Waals surface area contributed by atoms with Crippen LogP contribution in [0.1, 0.15) is 40.2 Å². The normalized spacial score (nSPS) is 26.3. The second-order valence-corrected chi connectivity index (χ2v) is 7.21. The molecule has 1 aliphatic carbocycles. The maximum Gasteiger partial charge on any atom is 0.193 e. The fourth-order valence-corrected chi connectivity index (χ4v) is 4.09. The number of azo groups is 1. The fourth-order valence-electron chi connectivity index (χ4n) is 3.83. The predicted molar refractivity (Wildman–Crippen MR) is 93.0 cm³/mol. The molecule has 1 heterocycles. The summed E-state index contributed by atoms with van der Waals surface area (Å²) in [5.41, 5.74) is 2.39. The summed E-state index contributed by atoms with van der Waals surface area (Å²) in [7, 11) is 0. The Bertz CT molecular complexity index is 784. The van der Waals surface area contributed by atoms with Crippen molar-refractivity contribution >= 4 is 21.7 Å². The molecule has 2 aliphatic rings. The van der Waals surface area contributed by atoms with E-state index in [0.29, 0.717) is 6.54 Å². The Balaban J connectivity index is 1.80. The van der Waals surface area contributed by atoms with Crippen LogP contribution >= 0.6 is 15.9 Å². The largest absolute Gasteiger partial charge is 0.291 e. The third kappa shape index (κ3) is 2.36. The molecule has 0 amide bonds. The van der Waals surface area contributed by atoms with Gasteiger partial charge in [0.25, 0.3) is 0 Å². The van der Waals surface area contributed by atoms with Crippen LogP contribution in [0.5, 0.6) is 0 Å². The van der Waals surface area contributed by atoms with Crippen molar-refractivity contribution in [3.8, 4) is 0 Å². The van der Waals surface area contributed by atoms with Gasteiger partial charge in [-0.05, 0) is 42.5 Å². The van der Waals surface area contributed by atoms with Crippen LogP contribution in [0, 0.1) is 0 Å². The first-order chi connectivity index (χ1) is 11.2. The third-order valence-corrected chi connectivity index (χ3v) is 5.55. The van der Waals surface area contributed by atoms with E-state index >= 15 is 0 Å². The second-order valence-electron chi connectivity index (χ2n) is 6.29. The molecule has 116 valence electrons. The average Bonchev–Trinajstić information content (AvgIpc) is 2.94. The van der Waals surface area contributed by atoms with Gasteiger partial charge in [-0.1, -0.05) is 52.3 Å². The van der Waals surface area contributed by atoms with Crippen molar-refractivity contribution in [2.45, 2.75) is 30.7 Å². The van der Waals surface area contributed by atoms with E-state index in [4.69, 9.17) is 0 Å². The number of carbonyl (C=O) groups excluding carboxylic acids is 1. The van der Waals surface area contributed by atoms with Crippen LogP contribution in [-0.4, -0.2) is 17.9 Å². The standard InChI is InChI=1S/C19H17BrN2O/c20-15-9-7-14(8-10-15)17-12-21-22-19(17)11-3-5-13-4-1-2-6-16(13)18(19)23/h1-2,4,6-10,17H,3,5,11-12H2/t17-,19?/m0/s1. The van der Waals surface area contributed by atoms with E-state index in [2.05, 4.69) is 44.4 Å². The van der Waals surface area contributed by atoms with E-state index in [9.17, 15) is 4.79 Å². The number of aryl methyl sites for hydroxylation is 1. The van der Waals surface area contributed by atoms with Gasteiger partial charge >= 0.3 is 0 Å². The first-order valence-electron chi connectivity index (χ1n) is 7.97. The van der Waals surface area contributed by atoms with Crippen molar-refractivity contribution in [2.75, 3.05) is 6.54 Å². The molecule has 4 heteroatoms. The van der Waals surface area contributed by atoms with Gasteiger partial charge in [-0.2, -0.15) is 10.2 Å². The molecule has 0 saturated carbocycles. The molecule has 0 radical (unpaired) electrons. The zero-order chi connectivity index (χ0) is 15.9. The predicted octanol–water partition coefficient (Wildman–Crippen LogP) is 4.96. The Morgan fingerprint density at radius 1 is 1.09 bits per heavy atom. The quantitative estimate of drug-likeness (QED) is 0.701. The lowest BCUT2D eigenvalue weighted by Gasteiger charge is -2.29. The van der Waals surface area contributed by atoms with E-state index in [1.54, 1.807) is 0 Å². The number of rotatable bonds is 1. The van der Waals surface area contributed by atoms with Crippen molar-refractivity contribution in [2.24, 2.45) is 10.2 Å². The number of Topliss-reactive ketones (excluding diaryl/α,β-unsaturated/α-hetero) is 1. The Kier molecular flexibility index (Phi) is 3.64. The summed E-state index contributed by atoms with van der Waals surface area (Å²) in [6, 6.07) is 16.2. The molecule has 1 spiro atoms. The topological polar surface area (TPSA) is 41.8 Å². The molecule has 23 heavy (non-hydrogen) atoms. The number of fused-ring (bicyclic) bond motifs is 1. The molecule has 2 aromatic carbocycles. The smallest absolute Gasteiger partial charge is 0.193 e. The number of benzene rings is 2. The van der Waals surface area contributed by atoms with E-state index < -0.39 is 5.54 Å². The molecule has 3 nitrogen and oxygen atoms in total. The number of halogens is 1. The summed E-state index contributed by atoms with van der Waals surface area (Å²) < 4.78 is 1.04. The van der Waals surface area contributed by atoms with E-state index in [-0.39, 0.29) is 11.7 Å². The van der Waals surface area contributed by atoms with Crippen LogP contribution < -0.4 is 0 Å². The molecule has 4 rings (SSSR count). The highest BCUT2D eigenvalue weighted by atomic mass is 79.9. The van der Waals surface area contributed by atoms with Crippen molar-refractivity contribution in [1.29, 1.82) is 0 Å². The summed E-state index contributed by atoms with van der Waals surface area (Å²) >= 11 is 3.47. The second kappa shape index (κ2) is 5.68.